The molecular weight excluding hydrogens is 384 g/mol. The number of benzene rings is 3. The zero-order chi connectivity index (χ0) is 20.7. The number of amides is 1. The molecule has 1 amide bonds. The number of nitrogens with one attached hydrogen (secondary N) is 2. The van der Waals surface area contributed by atoms with Gasteiger partial charge in [-0.2, -0.15) is 0 Å². The highest BCUT2D eigenvalue weighted by molar-refractivity contribution is 7.89. The lowest BCUT2D eigenvalue weighted by molar-refractivity contribution is -0.116. The third-order valence-electron chi connectivity index (χ3n) is 4.52. The minimum absolute atomic E-state index is 0.0740. The van der Waals surface area contributed by atoms with Crippen molar-refractivity contribution in [3.8, 4) is 0 Å². The van der Waals surface area contributed by atoms with Gasteiger partial charge >= 0.3 is 0 Å². The van der Waals surface area contributed by atoms with Gasteiger partial charge in [-0.25, -0.2) is 13.1 Å². The van der Waals surface area contributed by atoms with E-state index in [0.29, 0.717) is 12.8 Å². The van der Waals surface area contributed by atoms with E-state index in [1.165, 1.54) is 0 Å². The van der Waals surface area contributed by atoms with Gasteiger partial charge in [-0.05, 0) is 48.7 Å². The summed E-state index contributed by atoms with van der Waals surface area (Å²) in [7, 11) is -3.58. The minimum Gasteiger partial charge on any atom is -0.326 e. The molecule has 0 atom stereocenters. The molecule has 0 saturated heterocycles. The molecule has 3 rings (SSSR count). The van der Waals surface area contributed by atoms with Gasteiger partial charge in [-0.1, -0.05) is 60.2 Å². The molecule has 0 spiro atoms. The second-order valence-corrected chi connectivity index (χ2v) is 8.64. The number of hydrogen-bond acceptors (Lipinski definition) is 3. The summed E-state index contributed by atoms with van der Waals surface area (Å²) in [6.07, 6.45) is 0.863. The lowest BCUT2D eigenvalue weighted by Gasteiger charge is -2.08. The Labute approximate surface area is 171 Å². The number of sulfonamides is 1. The van der Waals surface area contributed by atoms with Crippen LogP contribution in [0.3, 0.4) is 0 Å². The number of aryl methyl sites for hydroxylation is 2. The summed E-state index contributed by atoms with van der Waals surface area (Å²) in [5.41, 5.74) is 3.71. The van der Waals surface area contributed by atoms with Gasteiger partial charge in [0.05, 0.1) is 4.90 Å². The standard InChI is InChI=1S/C23H24N2O3S/c1-18-7-12-21(13-8-18)25-23(26)16-11-19-9-14-22(15-10-19)29(27,28)24-17-20-5-3-2-4-6-20/h2-10,12-15,24H,11,16-17H2,1H3,(H,25,26). The predicted octanol–water partition coefficient (Wildman–Crippen LogP) is 4.04. The topological polar surface area (TPSA) is 75.3 Å². The molecule has 0 aliphatic rings. The Hall–Kier alpha value is -2.96. The summed E-state index contributed by atoms with van der Waals surface area (Å²) >= 11 is 0. The SMILES string of the molecule is Cc1ccc(NC(=O)CCc2ccc(S(=O)(=O)NCc3ccccc3)cc2)cc1. The van der Waals surface area contributed by atoms with Crippen LogP contribution in [0.1, 0.15) is 23.1 Å². The average Bonchev–Trinajstić information content (AvgIpc) is 2.74. The van der Waals surface area contributed by atoms with Crippen LogP contribution in [-0.2, 0) is 27.8 Å². The summed E-state index contributed by atoms with van der Waals surface area (Å²) in [6, 6.07) is 23.6. The summed E-state index contributed by atoms with van der Waals surface area (Å²) in [5.74, 6) is -0.0740. The van der Waals surface area contributed by atoms with Gasteiger partial charge in [0.15, 0.2) is 0 Å². The van der Waals surface area contributed by atoms with Crippen molar-refractivity contribution in [2.24, 2.45) is 0 Å². The van der Waals surface area contributed by atoms with Crippen molar-refractivity contribution in [3.05, 3.63) is 95.6 Å². The molecule has 0 unspecified atom stereocenters. The van der Waals surface area contributed by atoms with Crippen LogP contribution < -0.4 is 10.0 Å². The van der Waals surface area contributed by atoms with Gasteiger partial charge < -0.3 is 5.32 Å². The van der Waals surface area contributed by atoms with Crippen LogP contribution in [-0.4, -0.2) is 14.3 Å². The zero-order valence-electron chi connectivity index (χ0n) is 16.3. The fourth-order valence-corrected chi connectivity index (χ4v) is 3.83. The van der Waals surface area contributed by atoms with Crippen molar-refractivity contribution in [3.63, 3.8) is 0 Å². The second kappa shape index (κ2) is 9.49. The van der Waals surface area contributed by atoms with Crippen LogP contribution in [0.25, 0.3) is 0 Å². The third kappa shape index (κ3) is 6.27. The highest BCUT2D eigenvalue weighted by Gasteiger charge is 2.13. The van der Waals surface area contributed by atoms with Gasteiger partial charge in [0.25, 0.3) is 0 Å². The summed E-state index contributed by atoms with van der Waals surface area (Å²) < 4.78 is 27.5. The molecule has 5 nitrogen and oxygen atoms in total. The fraction of sp³-hybridized carbons (Fsp3) is 0.174. The van der Waals surface area contributed by atoms with Crippen LogP contribution in [0.15, 0.2) is 83.8 Å². The first kappa shape index (κ1) is 20.8. The molecule has 0 bridgehead atoms. The second-order valence-electron chi connectivity index (χ2n) is 6.87. The van der Waals surface area contributed by atoms with E-state index in [1.807, 2.05) is 61.5 Å². The number of rotatable bonds is 8. The molecule has 0 aromatic heterocycles. The van der Waals surface area contributed by atoms with E-state index in [-0.39, 0.29) is 17.3 Å². The molecule has 0 radical (unpaired) electrons. The Morgan fingerprint density at radius 2 is 1.48 bits per heavy atom. The van der Waals surface area contributed by atoms with Gasteiger partial charge in [0.2, 0.25) is 15.9 Å². The quantitative estimate of drug-likeness (QED) is 0.591. The van der Waals surface area contributed by atoms with E-state index in [9.17, 15) is 13.2 Å². The first-order valence-electron chi connectivity index (χ1n) is 9.41. The minimum atomic E-state index is -3.58. The lowest BCUT2D eigenvalue weighted by atomic mass is 10.1. The van der Waals surface area contributed by atoms with Crippen molar-refractivity contribution in [1.29, 1.82) is 0 Å². The largest absolute Gasteiger partial charge is 0.326 e. The third-order valence-corrected chi connectivity index (χ3v) is 5.94. The van der Waals surface area contributed by atoms with E-state index in [4.69, 9.17) is 0 Å². The van der Waals surface area contributed by atoms with Crippen LogP contribution >= 0.6 is 0 Å². The maximum absolute atomic E-state index is 12.4. The van der Waals surface area contributed by atoms with E-state index in [2.05, 4.69) is 10.0 Å². The normalized spacial score (nSPS) is 11.2. The molecule has 29 heavy (non-hydrogen) atoms. The van der Waals surface area contributed by atoms with Gasteiger partial charge in [0.1, 0.15) is 0 Å². The summed E-state index contributed by atoms with van der Waals surface area (Å²) in [5, 5.41) is 2.86. The molecule has 3 aromatic rings. The van der Waals surface area contributed by atoms with Crippen molar-refractivity contribution in [2.75, 3.05) is 5.32 Å². The molecule has 3 aromatic carbocycles. The Balaban J connectivity index is 1.52. The van der Waals surface area contributed by atoms with E-state index < -0.39 is 10.0 Å². The average molecular weight is 409 g/mol. The maximum atomic E-state index is 12.4. The number of carbonyl (C=O) groups excluding carboxylic acids is 1. The van der Waals surface area contributed by atoms with Gasteiger partial charge in [-0.3, -0.25) is 4.79 Å². The number of hydrogen-bond donors (Lipinski definition) is 2. The van der Waals surface area contributed by atoms with Crippen LogP contribution in [0.2, 0.25) is 0 Å². The van der Waals surface area contributed by atoms with E-state index >= 15 is 0 Å². The van der Waals surface area contributed by atoms with Gasteiger partial charge in [-0.15, -0.1) is 0 Å². The molecule has 0 aliphatic heterocycles. The molecule has 0 heterocycles. The van der Waals surface area contributed by atoms with E-state index in [0.717, 1.165) is 22.4 Å². The van der Waals surface area contributed by atoms with Crippen LogP contribution in [0.4, 0.5) is 5.69 Å². The number of anilines is 1. The van der Waals surface area contributed by atoms with Crippen LogP contribution in [0, 0.1) is 6.92 Å². The van der Waals surface area contributed by atoms with Crippen molar-refractivity contribution in [1.82, 2.24) is 4.72 Å². The number of carbonyl (C=O) groups is 1. The molecule has 0 saturated carbocycles. The Bertz CT molecular complexity index is 1050. The Morgan fingerprint density at radius 3 is 2.14 bits per heavy atom. The molecule has 0 aliphatic carbocycles. The summed E-state index contributed by atoms with van der Waals surface area (Å²) in [4.78, 5) is 12.3. The Morgan fingerprint density at radius 1 is 0.828 bits per heavy atom. The smallest absolute Gasteiger partial charge is 0.240 e. The summed E-state index contributed by atoms with van der Waals surface area (Å²) in [6.45, 7) is 2.23. The lowest BCUT2D eigenvalue weighted by Crippen LogP contribution is -2.23. The predicted molar refractivity (Wildman–Crippen MR) is 115 cm³/mol. The first-order valence-corrected chi connectivity index (χ1v) is 10.9. The van der Waals surface area contributed by atoms with Crippen molar-refractivity contribution < 1.29 is 13.2 Å². The highest BCUT2D eigenvalue weighted by Crippen LogP contribution is 2.14. The molecule has 150 valence electrons. The Kier molecular flexibility index (Phi) is 6.80. The van der Waals surface area contributed by atoms with Crippen LogP contribution in [0.5, 0.6) is 0 Å². The van der Waals surface area contributed by atoms with E-state index in [1.54, 1.807) is 24.3 Å². The zero-order valence-corrected chi connectivity index (χ0v) is 17.1. The molecule has 6 heteroatoms. The van der Waals surface area contributed by atoms with Crippen molar-refractivity contribution in [2.45, 2.75) is 31.2 Å². The van der Waals surface area contributed by atoms with Crippen molar-refractivity contribution >= 4 is 21.6 Å². The van der Waals surface area contributed by atoms with Gasteiger partial charge in [0, 0.05) is 18.7 Å². The fourth-order valence-electron chi connectivity index (χ4n) is 2.81. The first-order chi connectivity index (χ1) is 13.9. The molecule has 2 N–H and O–H groups in total. The highest BCUT2D eigenvalue weighted by atomic mass is 32.2. The maximum Gasteiger partial charge on any atom is 0.240 e. The molecular formula is C23H24N2O3S. The molecule has 0 fully saturated rings. The monoisotopic (exact) mass is 408 g/mol.